The summed E-state index contributed by atoms with van der Waals surface area (Å²) in [5.74, 6) is 0.944. The fourth-order valence-corrected chi connectivity index (χ4v) is 1.13. The Kier molecular flexibility index (Phi) is 3.13. The van der Waals surface area contributed by atoms with E-state index < -0.39 is 0 Å². The normalized spacial score (nSPS) is 11.1. The predicted molar refractivity (Wildman–Crippen MR) is 58.4 cm³/mol. The molecule has 0 saturated heterocycles. The highest BCUT2D eigenvalue weighted by molar-refractivity contribution is 6.35. The molecule has 0 fully saturated rings. The van der Waals surface area contributed by atoms with Gasteiger partial charge in [-0.1, -0.05) is 23.4 Å². The Hall–Kier alpha value is -2.36. The molecule has 1 aromatic heterocycles. The zero-order chi connectivity index (χ0) is 11.2. The lowest BCUT2D eigenvalue weighted by Crippen LogP contribution is -2.02. The van der Waals surface area contributed by atoms with Gasteiger partial charge in [0.1, 0.15) is 0 Å². The first kappa shape index (κ1) is 10.2. The van der Waals surface area contributed by atoms with Crippen LogP contribution < -0.4 is 4.84 Å². The van der Waals surface area contributed by atoms with Crippen molar-refractivity contribution in [3.63, 3.8) is 0 Å². The minimum Gasteiger partial charge on any atom is -0.462 e. The Morgan fingerprint density at radius 2 is 2.00 bits per heavy atom. The molecule has 0 bridgehead atoms. The average Bonchev–Trinajstić information content (AvgIpc) is 2.85. The van der Waals surface area contributed by atoms with E-state index in [1.54, 1.807) is 24.3 Å². The molecule has 0 radical (unpaired) electrons. The number of nitrogens with zero attached hydrogens (tertiary/aromatic N) is 1. The molecule has 0 unspecified atom stereocenters. The van der Waals surface area contributed by atoms with Crippen LogP contribution in [-0.4, -0.2) is 12.0 Å². The summed E-state index contributed by atoms with van der Waals surface area (Å²) in [6, 6.07) is 12.3. The van der Waals surface area contributed by atoms with Crippen LogP contribution in [0.15, 0.2) is 58.3 Å². The molecule has 80 valence electrons. The van der Waals surface area contributed by atoms with Crippen molar-refractivity contribution in [3.8, 4) is 5.75 Å². The molecule has 0 atom stereocenters. The highest BCUT2D eigenvalue weighted by Crippen LogP contribution is 2.09. The van der Waals surface area contributed by atoms with Gasteiger partial charge in [-0.25, -0.2) is 0 Å². The second-order valence-electron chi connectivity index (χ2n) is 2.98. The van der Waals surface area contributed by atoms with Crippen LogP contribution in [0.5, 0.6) is 5.75 Å². The first-order valence-corrected chi connectivity index (χ1v) is 4.69. The van der Waals surface area contributed by atoms with Crippen LogP contribution in [0.4, 0.5) is 0 Å². The molecule has 0 spiro atoms. The van der Waals surface area contributed by atoms with E-state index in [1.165, 1.54) is 6.26 Å². The van der Waals surface area contributed by atoms with Crippen LogP contribution in [0.1, 0.15) is 5.76 Å². The number of hydrogen-bond donors (Lipinski definition) is 0. The summed E-state index contributed by atoms with van der Waals surface area (Å²) in [7, 11) is 0. The fraction of sp³-hybridized carbons (Fsp3) is 0. The highest BCUT2D eigenvalue weighted by atomic mass is 16.6. The van der Waals surface area contributed by atoms with Gasteiger partial charge in [-0.3, -0.25) is 4.79 Å². The van der Waals surface area contributed by atoms with Crippen LogP contribution in [0, 0.1) is 0 Å². The summed E-state index contributed by atoms with van der Waals surface area (Å²) in [6.07, 6.45) is 2.05. The largest absolute Gasteiger partial charge is 0.462 e. The Labute approximate surface area is 92.1 Å². The molecule has 0 saturated carbocycles. The van der Waals surface area contributed by atoms with E-state index in [2.05, 4.69) is 5.16 Å². The van der Waals surface area contributed by atoms with Crippen molar-refractivity contribution in [2.75, 3.05) is 0 Å². The van der Waals surface area contributed by atoms with E-state index in [-0.39, 0.29) is 5.71 Å². The van der Waals surface area contributed by atoms with Crippen molar-refractivity contribution >= 4 is 12.0 Å². The van der Waals surface area contributed by atoms with E-state index in [4.69, 9.17) is 9.25 Å². The lowest BCUT2D eigenvalue weighted by Gasteiger charge is -1.97. The Morgan fingerprint density at radius 3 is 2.62 bits per heavy atom. The predicted octanol–water partition coefficient (Wildman–Crippen LogP) is 2.26. The summed E-state index contributed by atoms with van der Waals surface area (Å²) in [5.41, 5.74) is 0.119. The number of para-hydroxylation sites is 1. The molecule has 4 heteroatoms. The minimum absolute atomic E-state index is 0.119. The highest BCUT2D eigenvalue weighted by Gasteiger charge is 2.05. The average molecular weight is 215 g/mol. The maximum absolute atomic E-state index is 10.8. The van der Waals surface area contributed by atoms with Gasteiger partial charge in [0.15, 0.2) is 23.5 Å². The first-order chi connectivity index (χ1) is 7.90. The van der Waals surface area contributed by atoms with Gasteiger partial charge in [0.05, 0.1) is 6.26 Å². The fourth-order valence-electron chi connectivity index (χ4n) is 1.13. The van der Waals surface area contributed by atoms with E-state index in [0.29, 0.717) is 17.8 Å². The number of hydrogen-bond acceptors (Lipinski definition) is 4. The molecule has 1 aromatic carbocycles. The Morgan fingerprint density at radius 1 is 1.19 bits per heavy atom. The summed E-state index contributed by atoms with van der Waals surface area (Å²) in [5, 5.41) is 3.71. The van der Waals surface area contributed by atoms with E-state index >= 15 is 0 Å². The summed E-state index contributed by atoms with van der Waals surface area (Å²) in [4.78, 5) is 15.8. The molecule has 0 aliphatic carbocycles. The van der Waals surface area contributed by atoms with Crippen LogP contribution in [0.25, 0.3) is 0 Å². The molecule has 2 aromatic rings. The van der Waals surface area contributed by atoms with Gasteiger partial charge in [-0.05, 0) is 24.3 Å². The SMILES string of the molecule is O=CC(=NOc1ccccc1)c1ccco1. The number of oxime groups is 1. The van der Waals surface area contributed by atoms with E-state index in [1.807, 2.05) is 18.2 Å². The van der Waals surface area contributed by atoms with Gasteiger partial charge >= 0.3 is 0 Å². The Bertz CT molecular complexity index is 474. The lowest BCUT2D eigenvalue weighted by atomic mass is 10.3. The molecule has 0 N–H and O–H groups in total. The summed E-state index contributed by atoms with van der Waals surface area (Å²) >= 11 is 0. The van der Waals surface area contributed by atoms with Crippen molar-refractivity contribution in [1.29, 1.82) is 0 Å². The monoisotopic (exact) mass is 215 g/mol. The maximum atomic E-state index is 10.8. The number of carbonyl (C=O) groups excluding carboxylic acids is 1. The van der Waals surface area contributed by atoms with Gasteiger partial charge in [0.2, 0.25) is 0 Å². The number of benzene rings is 1. The molecule has 16 heavy (non-hydrogen) atoms. The van der Waals surface area contributed by atoms with Crippen molar-refractivity contribution in [3.05, 3.63) is 54.5 Å². The second-order valence-corrected chi connectivity index (χ2v) is 2.98. The van der Waals surface area contributed by atoms with Gasteiger partial charge in [0, 0.05) is 0 Å². The van der Waals surface area contributed by atoms with Gasteiger partial charge < -0.3 is 9.25 Å². The molecular weight excluding hydrogens is 206 g/mol. The smallest absolute Gasteiger partial charge is 0.185 e. The van der Waals surface area contributed by atoms with Gasteiger partial charge in [0.25, 0.3) is 0 Å². The Balaban J connectivity index is 2.14. The second kappa shape index (κ2) is 4.93. The van der Waals surface area contributed by atoms with Crippen molar-refractivity contribution in [2.24, 2.45) is 5.16 Å². The van der Waals surface area contributed by atoms with Crippen LogP contribution >= 0.6 is 0 Å². The van der Waals surface area contributed by atoms with Gasteiger partial charge in [-0.15, -0.1) is 0 Å². The third kappa shape index (κ3) is 2.36. The number of furan rings is 1. The van der Waals surface area contributed by atoms with Crippen molar-refractivity contribution in [2.45, 2.75) is 0 Å². The van der Waals surface area contributed by atoms with E-state index in [0.717, 1.165) is 0 Å². The number of rotatable bonds is 4. The molecule has 2 rings (SSSR count). The quantitative estimate of drug-likeness (QED) is 0.446. The lowest BCUT2D eigenvalue weighted by molar-refractivity contribution is -0.102. The van der Waals surface area contributed by atoms with Crippen molar-refractivity contribution in [1.82, 2.24) is 0 Å². The summed E-state index contributed by atoms with van der Waals surface area (Å²) in [6.45, 7) is 0. The molecule has 4 nitrogen and oxygen atoms in total. The third-order valence-corrected chi connectivity index (χ3v) is 1.88. The van der Waals surface area contributed by atoms with Crippen LogP contribution in [0.3, 0.4) is 0 Å². The van der Waals surface area contributed by atoms with E-state index in [9.17, 15) is 4.79 Å². The minimum atomic E-state index is 0.119. The molecular formula is C12H9NO3. The maximum Gasteiger partial charge on any atom is 0.185 e. The van der Waals surface area contributed by atoms with Gasteiger partial charge in [-0.2, -0.15) is 0 Å². The molecule has 0 aliphatic rings. The molecule has 1 heterocycles. The van der Waals surface area contributed by atoms with Crippen molar-refractivity contribution < 1.29 is 14.0 Å². The zero-order valence-electron chi connectivity index (χ0n) is 8.37. The number of carbonyl (C=O) groups is 1. The third-order valence-electron chi connectivity index (χ3n) is 1.88. The summed E-state index contributed by atoms with van der Waals surface area (Å²) < 4.78 is 5.03. The van der Waals surface area contributed by atoms with Crippen LogP contribution in [-0.2, 0) is 4.79 Å². The first-order valence-electron chi connectivity index (χ1n) is 4.69. The number of aldehydes is 1. The zero-order valence-corrected chi connectivity index (χ0v) is 8.37. The molecule has 0 amide bonds. The molecule has 0 aliphatic heterocycles. The standard InChI is InChI=1S/C12H9NO3/c14-9-11(12-7-4-8-15-12)13-16-10-5-2-1-3-6-10/h1-9H. The topological polar surface area (TPSA) is 51.8 Å². The van der Waals surface area contributed by atoms with Crippen LogP contribution in [0.2, 0.25) is 0 Å².